The summed E-state index contributed by atoms with van der Waals surface area (Å²) in [4.78, 5) is 21.2. The number of nitrogens with zero attached hydrogens (tertiary/aromatic N) is 3. The molecule has 2 fully saturated rings. The highest BCUT2D eigenvalue weighted by molar-refractivity contribution is 5.97. The van der Waals surface area contributed by atoms with Gasteiger partial charge in [-0.15, -0.1) is 0 Å². The fraction of sp³-hybridized carbons (Fsp3) is 0.625. The van der Waals surface area contributed by atoms with E-state index < -0.39 is 0 Å². The Morgan fingerprint density at radius 1 is 1.25 bits per heavy atom. The first-order chi connectivity index (χ1) is 9.77. The number of anilines is 2. The van der Waals surface area contributed by atoms with Crippen LogP contribution in [0, 0.1) is 5.92 Å². The Labute approximate surface area is 120 Å². The van der Waals surface area contributed by atoms with Crippen LogP contribution in [-0.2, 0) is 4.79 Å². The maximum Gasteiger partial charge on any atom is 0.229 e. The minimum absolute atomic E-state index is 0.214. The van der Waals surface area contributed by atoms with E-state index in [2.05, 4.69) is 9.88 Å². The number of hydrogen-bond donors (Lipinski definition) is 0. The lowest BCUT2D eigenvalue weighted by atomic mass is 10.1. The molecule has 0 aromatic carbocycles. The molecule has 2 heterocycles. The van der Waals surface area contributed by atoms with E-state index >= 15 is 0 Å². The largest absolute Gasteiger partial charge is 0.355 e. The molecule has 108 valence electrons. The van der Waals surface area contributed by atoms with Crippen molar-refractivity contribution in [3.05, 3.63) is 18.3 Å². The third kappa shape index (κ3) is 2.51. The number of pyridine rings is 1. The van der Waals surface area contributed by atoms with Crippen molar-refractivity contribution in [2.45, 2.75) is 38.5 Å². The van der Waals surface area contributed by atoms with E-state index in [-0.39, 0.29) is 11.8 Å². The van der Waals surface area contributed by atoms with Crippen LogP contribution < -0.4 is 9.80 Å². The Kier molecular flexibility index (Phi) is 3.90. The standard InChI is InChI=1S/C16H23N3O/c1-18(16(20)13-7-2-3-8-13)14-9-6-10-17-15(14)19-11-4-5-12-19/h6,9-10,13H,2-5,7-8,11-12H2,1H3. The Bertz CT molecular complexity index is 476. The molecule has 0 N–H and O–H groups in total. The van der Waals surface area contributed by atoms with Crippen LogP contribution in [0.1, 0.15) is 38.5 Å². The molecular weight excluding hydrogens is 250 g/mol. The van der Waals surface area contributed by atoms with Gasteiger partial charge in [-0.2, -0.15) is 0 Å². The lowest BCUT2D eigenvalue weighted by Gasteiger charge is -2.26. The third-order valence-corrected chi connectivity index (χ3v) is 4.57. The molecule has 0 unspecified atom stereocenters. The van der Waals surface area contributed by atoms with Crippen molar-refractivity contribution in [1.82, 2.24) is 4.98 Å². The number of rotatable bonds is 3. The van der Waals surface area contributed by atoms with Gasteiger partial charge in [0.25, 0.3) is 0 Å². The third-order valence-electron chi connectivity index (χ3n) is 4.57. The molecule has 1 aromatic heterocycles. The molecule has 1 aliphatic heterocycles. The van der Waals surface area contributed by atoms with Gasteiger partial charge in [0, 0.05) is 32.3 Å². The molecule has 1 amide bonds. The highest BCUT2D eigenvalue weighted by Crippen LogP contribution is 2.32. The number of amides is 1. The van der Waals surface area contributed by atoms with Crippen molar-refractivity contribution in [3.8, 4) is 0 Å². The Morgan fingerprint density at radius 2 is 1.95 bits per heavy atom. The molecule has 1 saturated heterocycles. The molecule has 4 nitrogen and oxygen atoms in total. The monoisotopic (exact) mass is 273 g/mol. The summed E-state index contributed by atoms with van der Waals surface area (Å²) in [7, 11) is 1.90. The van der Waals surface area contributed by atoms with Crippen molar-refractivity contribution in [3.63, 3.8) is 0 Å². The lowest BCUT2D eigenvalue weighted by Crippen LogP contribution is -2.33. The second kappa shape index (κ2) is 5.81. The van der Waals surface area contributed by atoms with Gasteiger partial charge in [0.2, 0.25) is 5.91 Å². The van der Waals surface area contributed by atoms with Crippen molar-refractivity contribution in [2.24, 2.45) is 5.92 Å². The Hall–Kier alpha value is -1.58. The smallest absolute Gasteiger partial charge is 0.229 e. The second-order valence-corrected chi connectivity index (χ2v) is 5.92. The van der Waals surface area contributed by atoms with Crippen LogP contribution in [0.5, 0.6) is 0 Å². The van der Waals surface area contributed by atoms with Crippen LogP contribution in [0.2, 0.25) is 0 Å². The molecule has 1 saturated carbocycles. The van der Waals surface area contributed by atoms with E-state index in [0.29, 0.717) is 0 Å². The minimum atomic E-state index is 0.214. The van der Waals surface area contributed by atoms with Gasteiger partial charge in [-0.3, -0.25) is 4.79 Å². The first-order valence-electron chi connectivity index (χ1n) is 7.75. The summed E-state index contributed by atoms with van der Waals surface area (Å²) >= 11 is 0. The van der Waals surface area contributed by atoms with Gasteiger partial charge >= 0.3 is 0 Å². The molecule has 0 atom stereocenters. The van der Waals surface area contributed by atoms with Gasteiger partial charge in [0.15, 0.2) is 5.82 Å². The number of hydrogen-bond acceptors (Lipinski definition) is 3. The van der Waals surface area contributed by atoms with E-state index in [9.17, 15) is 4.79 Å². The van der Waals surface area contributed by atoms with E-state index in [1.54, 1.807) is 0 Å². The Balaban J connectivity index is 1.83. The molecular formula is C16H23N3O. The van der Waals surface area contributed by atoms with Crippen LogP contribution in [0.25, 0.3) is 0 Å². The first-order valence-corrected chi connectivity index (χ1v) is 7.75. The maximum absolute atomic E-state index is 12.6. The summed E-state index contributed by atoms with van der Waals surface area (Å²) in [6.07, 6.45) is 8.73. The van der Waals surface area contributed by atoms with Crippen molar-refractivity contribution < 1.29 is 4.79 Å². The highest BCUT2D eigenvalue weighted by atomic mass is 16.2. The summed E-state index contributed by atoms with van der Waals surface area (Å²) in [5.41, 5.74) is 0.964. The molecule has 3 rings (SSSR count). The quantitative estimate of drug-likeness (QED) is 0.849. The fourth-order valence-electron chi connectivity index (χ4n) is 3.39. The van der Waals surface area contributed by atoms with Gasteiger partial charge < -0.3 is 9.80 Å². The van der Waals surface area contributed by atoms with Crippen LogP contribution >= 0.6 is 0 Å². The molecule has 0 radical (unpaired) electrons. The Morgan fingerprint density at radius 3 is 2.65 bits per heavy atom. The minimum Gasteiger partial charge on any atom is -0.355 e. The molecule has 2 aliphatic rings. The van der Waals surface area contributed by atoms with Crippen molar-refractivity contribution in [2.75, 3.05) is 29.9 Å². The van der Waals surface area contributed by atoms with Gasteiger partial charge in [-0.05, 0) is 37.8 Å². The zero-order chi connectivity index (χ0) is 13.9. The van der Waals surface area contributed by atoms with Crippen molar-refractivity contribution in [1.29, 1.82) is 0 Å². The van der Waals surface area contributed by atoms with E-state index in [1.807, 2.05) is 30.3 Å². The molecule has 1 aliphatic carbocycles. The number of carbonyl (C=O) groups excluding carboxylic acids is 1. The lowest BCUT2D eigenvalue weighted by molar-refractivity contribution is -0.121. The molecule has 1 aromatic rings. The van der Waals surface area contributed by atoms with Crippen LogP contribution in [0.3, 0.4) is 0 Å². The highest BCUT2D eigenvalue weighted by Gasteiger charge is 2.28. The predicted octanol–water partition coefficient (Wildman–Crippen LogP) is 2.83. The van der Waals surface area contributed by atoms with E-state index in [4.69, 9.17) is 0 Å². The summed E-state index contributed by atoms with van der Waals surface area (Å²) in [6, 6.07) is 3.95. The zero-order valence-corrected chi connectivity index (χ0v) is 12.2. The molecule has 4 heteroatoms. The SMILES string of the molecule is CN(C(=O)C1CCCC1)c1cccnc1N1CCCC1. The van der Waals surface area contributed by atoms with E-state index in [0.717, 1.165) is 37.4 Å². The predicted molar refractivity (Wildman–Crippen MR) is 81.1 cm³/mol. The molecule has 0 spiro atoms. The summed E-state index contributed by atoms with van der Waals surface area (Å²) < 4.78 is 0. The summed E-state index contributed by atoms with van der Waals surface area (Å²) in [6.45, 7) is 2.10. The van der Waals surface area contributed by atoms with Gasteiger partial charge in [0.1, 0.15) is 0 Å². The first kappa shape index (κ1) is 13.4. The zero-order valence-electron chi connectivity index (χ0n) is 12.2. The molecule has 20 heavy (non-hydrogen) atoms. The topological polar surface area (TPSA) is 36.4 Å². The average molecular weight is 273 g/mol. The van der Waals surface area contributed by atoms with Gasteiger partial charge in [-0.1, -0.05) is 12.8 Å². The number of carbonyl (C=O) groups is 1. The number of aromatic nitrogens is 1. The van der Waals surface area contributed by atoms with Crippen molar-refractivity contribution >= 4 is 17.4 Å². The van der Waals surface area contributed by atoms with Crippen LogP contribution in [0.4, 0.5) is 11.5 Å². The normalized spacial score (nSPS) is 19.6. The van der Waals surface area contributed by atoms with Gasteiger partial charge in [-0.25, -0.2) is 4.98 Å². The summed E-state index contributed by atoms with van der Waals surface area (Å²) in [5, 5.41) is 0. The maximum atomic E-state index is 12.6. The van der Waals surface area contributed by atoms with E-state index in [1.165, 1.54) is 25.7 Å². The molecule has 0 bridgehead atoms. The van der Waals surface area contributed by atoms with Gasteiger partial charge in [0.05, 0.1) is 5.69 Å². The van der Waals surface area contributed by atoms with Crippen LogP contribution in [-0.4, -0.2) is 31.0 Å². The summed E-state index contributed by atoms with van der Waals surface area (Å²) in [5.74, 6) is 1.45. The fourth-order valence-corrected chi connectivity index (χ4v) is 3.39. The van der Waals surface area contributed by atoms with Crippen LogP contribution in [0.15, 0.2) is 18.3 Å². The second-order valence-electron chi connectivity index (χ2n) is 5.92. The average Bonchev–Trinajstić information content (AvgIpc) is 3.18.